The SMILES string of the molecule is CCn1ccc(C2(c3cccc(Br)c3)N=C(N)NC2=O)c1. The van der Waals surface area contributed by atoms with E-state index in [-0.39, 0.29) is 11.9 Å². The molecule has 5 nitrogen and oxygen atoms in total. The summed E-state index contributed by atoms with van der Waals surface area (Å²) in [5, 5.41) is 2.62. The van der Waals surface area contributed by atoms with Crippen molar-refractivity contribution in [1.29, 1.82) is 0 Å². The number of amides is 1. The number of aryl methyl sites for hydroxylation is 1. The quantitative estimate of drug-likeness (QED) is 0.891. The van der Waals surface area contributed by atoms with Gasteiger partial charge in [0, 0.05) is 29.0 Å². The highest BCUT2D eigenvalue weighted by Crippen LogP contribution is 2.37. The van der Waals surface area contributed by atoms with E-state index >= 15 is 0 Å². The average Bonchev–Trinajstić information content (AvgIpc) is 3.03. The molecule has 1 aliphatic heterocycles. The normalized spacial score (nSPS) is 21.2. The lowest BCUT2D eigenvalue weighted by Crippen LogP contribution is -2.39. The van der Waals surface area contributed by atoms with Crippen LogP contribution < -0.4 is 11.1 Å². The number of guanidine groups is 1. The number of hydrogen-bond donors (Lipinski definition) is 2. The van der Waals surface area contributed by atoms with E-state index in [2.05, 4.69) is 26.2 Å². The molecule has 0 saturated heterocycles. The first-order valence-electron chi connectivity index (χ1n) is 6.65. The fourth-order valence-electron chi connectivity index (χ4n) is 2.59. The van der Waals surface area contributed by atoms with Gasteiger partial charge in [0.25, 0.3) is 5.91 Å². The molecule has 0 bridgehead atoms. The molecular weight excluding hydrogens is 332 g/mol. The molecular formula is C15H15BrN4O. The van der Waals surface area contributed by atoms with Crippen LogP contribution in [0, 0.1) is 0 Å². The van der Waals surface area contributed by atoms with E-state index in [1.165, 1.54) is 0 Å². The summed E-state index contributed by atoms with van der Waals surface area (Å²) >= 11 is 3.44. The zero-order chi connectivity index (χ0) is 15.0. The average molecular weight is 347 g/mol. The van der Waals surface area contributed by atoms with Crippen molar-refractivity contribution in [1.82, 2.24) is 9.88 Å². The molecule has 0 fully saturated rings. The van der Waals surface area contributed by atoms with Crippen molar-refractivity contribution >= 4 is 27.8 Å². The van der Waals surface area contributed by atoms with Gasteiger partial charge < -0.3 is 10.3 Å². The number of aliphatic imine (C=N–C) groups is 1. The number of hydrogen-bond acceptors (Lipinski definition) is 3. The second-order valence-electron chi connectivity index (χ2n) is 4.90. The molecule has 1 atom stereocenters. The molecule has 3 rings (SSSR count). The minimum absolute atomic E-state index is 0.143. The zero-order valence-corrected chi connectivity index (χ0v) is 13.1. The third-order valence-corrected chi connectivity index (χ3v) is 4.13. The number of nitrogens with zero attached hydrogens (tertiary/aromatic N) is 2. The predicted molar refractivity (Wildman–Crippen MR) is 84.8 cm³/mol. The number of carbonyl (C=O) groups excluding carboxylic acids is 1. The highest BCUT2D eigenvalue weighted by Gasteiger charge is 2.47. The van der Waals surface area contributed by atoms with Gasteiger partial charge in [-0.15, -0.1) is 0 Å². The van der Waals surface area contributed by atoms with Crippen LogP contribution in [-0.2, 0) is 16.9 Å². The molecule has 0 spiro atoms. The summed E-state index contributed by atoms with van der Waals surface area (Å²) in [6.07, 6.45) is 3.87. The van der Waals surface area contributed by atoms with Crippen molar-refractivity contribution in [3.63, 3.8) is 0 Å². The largest absolute Gasteiger partial charge is 0.370 e. The van der Waals surface area contributed by atoms with Gasteiger partial charge in [-0.3, -0.25) is 10.1 Å². The third kappa shape index (κ3) is 2.15. The van der Waals surface area contributed by atoms with Gasteiger partial charge in [-0.05, 0) is 30.7 Å². The number of aromatic nitrogens is 1. The first kappa shape index (κ1) is 13.9. The summed E-state index contributed by atoms with van der Waals surface area (Å²) in [5.74, 6) is -0.0869. The number of halogens is 1. The van der Waals surface area contributed by atoms with Crippen LogP contribution in [0.4, 0.5) is 0 Å². The molecule has 0 aliphatic carbocycles. The van der Waals surface area contributed by atoms with Crippen molar-refractivity contribution in [2.45, 2.75) is 19.0 Å². The maximum absolute atomic E-state index is 12.6. The standard InChI is InChI=1S/C15H15BrN4O/c1-2-20-7-6-11(9-20)15(13(21)18-14(17)19-15)10-4-3-5-12(16)8-10/h3-9H,2H2,1H3,(H3,17,18,19,21). The number of benzene rings is 1. The van der Waals surface area contributed by atoms with Gasteiger partial charge in [-0.25, -0.2) is 4.99 Å². The van der Waals surface area contributed by atoms with E-state index in [9.17, 15) is 4.79 Å². The summed E-state index contributed by atoms with van der Waals surface area (Å²) in [6, 6.07) is 9.48. The van der Waals surface area contributed by atoms with Crippen LogP contribution in [0.1, 0.15) is 18.1 Å². The third-order valence-electron chi connectivity index (χ3n) is 3.63. The first-order valence-corrected chi connectivity index (χ1v) is 7.44. The van der Waals surface area contributed by atoms with Crippen molar-refractivity contribution in [3.05, 3.63) is 58.3 Å². The van der Waals surface area contributed by atoms with Gasteiger partial charge in [0.05, 0.1) is 0 Å². The van der Waals surface area contributed by atoms with Crippen molar-refractivity contribution < 1.29 is 4.79 Å². The number of carbonyl (C=O) groups is 1. The smallest absolute Gasteiger partial charge is 0.264 e. The van der Waals surface area contributed by atoms with E-state index in [1.54, 1.807) is 0 Å². The second kappa shape index (κ2) is 5.04. The monoisotopic (exact) mass is 346 g/mol. The fourth-order valence-corrected chi connectivity index (χ4v) is 2.99. The van der Waals surface area contributed by atoms with Crippen molar-refractivity contribution in [2.75, 3.05) is 0 Å². The van der Waals surface area contributed by atoms with Gasteiger partial charge in [-0.1, -0.05) is 28.1 Å². The lowest BCUT2D eigenvalue weighted by molar-refractivity contribution is -0.122. The van der Waals surface area contributed by atoms with Crippen LogP contribution in [0.5, 0.6) is 0 Å². The van der Waals surface area contributed by atoms with Gasteiger partial charge >= 0.3 is 0 Å². The second-order valence-corrected chi connectivity index (χ2v) is 5.82. The lowest BCUT2D eigenvalue weighted by Gasteiger charge is -2.23. The molecule has 21 heavy (non-hydrogen) atoms. The van der Waals surface area contributed by atoms with Crippen LogP contribution in [0.25, 0.3) is 0 Å². The molecule has 1 aliphatic rings. The van der Waals surface area contributed by atoms with Crippen LogP contribution in [-0.4, -0.2) is 16.4 Å². The maximum atomic E-state index is 12.6. The molecule has 2 aromatic rings. The van der Waals surface area contributed by atoms with Crippen molar-refractivity contribution in [3.8, 4) is 0 Å². The summed E-state index contributed by atoms with van der Waals surface area (Å²) in [4.78, 5) is 17.0. The van der Waals surface area contributed by atoms with Gasteiger partial charge in [0.1, 0.15) is 0 Å². The zero-order valence-electron chi connectivity index (χ0n) is 11.5. The Kier molecular flexibility index (Phi) is 3.33. The summed E-state index contributed by atoms with van der Waals surface area (Å²) < 4.78 is 2.90. The Morgan fingerprint density at radius 1 is 1.38 bits per heavy atom. The van der Waals surface area contributed by atoms with Crippen LogP contribution in [0.15, 0.2) is 52.2 Å². The molecule has 1 amide bonds. The van der Waals surface area contributed by atoms with Gasteiger partial charge in [0.2, 0.25) is 0 Å². The Hall–Kier alpha value is -2.08. The molecule has 3 N–H and O–H groups in total. The van der Waals surface area contributed by atoms with E-state index < -0.39 is 5.54 Å². The van der Waals surface area contributed by atoms with E-state index in [4.69, 9.17) is 5.73 Å². The van der Waals surface area contributed by atoms with Crippen molar-refractivity contribution in [2.24, 2.45) is 10.7 Å². The summed E-state index contributed by atoms with van der Waals surface area (Å²) in [5.41, 5.74) is 6.22. The highest BCUT2D eigenvalue weighted by molar-refractivity contribution is 9.10. The minimum Gasteiger partial charge on any atom is -0.370 e. The first-order chi connectivity index (χ1) is 10.1. The Balaban J connectivity index is 2.23. The van der Waals surface area contributed by atoms with Crippen LogP contribution in [0.3, 0.4) is 0 Å². The highest BCUT2D eigenvalue weighted by atomic mass is 79.9. The number of nitrogens with two attached hydrogens (primary N) is 1. The van der Waals surface area contributed by atoms with E-state index in [1.807, 2.05) is 54.2 Å². The predicted octanol–water partition coefficient (Wildman–Crippen LogP) is 1.96. The minimum atomic E-state index is -1.12. The lowest BCUT2D eigenvalue weighted by atomic mass is 9.84. The molecule has 2 heterocycles. The van der Waals surface area contributed by atoms with E-state index in [0.29, 0.717) is 0 Å². The van der Waals surface area contributed by atoms with E-state index in [0.717, 1.165) is 22.1 Å². The maximum Gasteiger partial charge on any atom is 0.264 e. The molecule has 108 valence electrons. The Bertz CT molecular complexity index is 737. The van der Waals surface area contributed by atoms with Crippen LogP contribution >= 0.6 is 15.9 Å². The Labute approximate surface area is 131 Å². The molecule has 1 aromatic heterocycles. The Morgan fingerprint density at radius 2 is 2.19 bits per heavy atom. The van der Waals surface area contributed by atoms with Crippen LogP contribution in [0.2, 0.25) is 0 Å². The Morgan fingerprint density at radius 3 is 2.76 bits per heavy atom. The topological polar surface area (TPSA) is 72.4 Å². The fraction of sp³-hybridized carbons (Fsp3) is 0.200. The molecule has 1 aromatic carbocycles. The molecule has 1 unspecified atom stereocenters. The molecule has 6 heteroatoms. The molecule has 0 saturated carbocycles. The number of nitrogens with one attached hydrogen (secondary N) is 1. The summed E-state index contributed by atoms with van der Waals surface area (Å²) in [6.45, 7) is 2.87. The number of rotatable bonds is 3. The summed E-state index contributed by atoms with van der Waals surface area (Å²) in [7, 11) is 0. The van der Waals surface area contributed by atoms with Gasteiger partial charge in [-0.2, -0.15) is 0 Å². The van der Waals surface area contributed by atoms with Gasteiger partial charge in [0.15, 0.2) is 11.5 Å². The molecule has 0 radical (unpaired) electrons.